The summed E-state index contributed by atoms with van der Waals surface area (Å²) in [5.74, 6) is 0. The SMILES string of the molecule is c1ccc2c(c1)sc1ccc(-n3c4ccccc4c4cc(Sc5ccc6c(c5)c5ccccc5n6-c5ccc6sc7ccccc7c6c5)ccc43)cc12. The molecule has 4 heterocycles. The van der Waals surface area contributed by atoms with Gasteiger partial charge in [0.15, 0.2) is 0 Å². The van der Waals surface area contributed by atoms with Crippen molar-refractivity contribution >= 4 is 118 Å². The number of benzene rings is 8. The molecule has 53 heavy (non-hydrogen) atoms. The molecule has 0 bridgehead atoms. The van der Waals surface area contributed by atoms with Crippen molar-refractivity contribution in [2.75, 3.05) is 0 Å². The molecule has 248 valence electrons. The van der Waals surface area contributed by atoms with Crippen molar-refractivity contribution in [3.63, 3.8) is 0 Å². The number of hydrogen-bond donors (Lipinski definition) is 0. The van der Waals surface area contributed by atoms with Crippen LogP contribution in [-0.4, -0.2) is 9.13 Å². The fraction of sp³-hybridized carbons (Fsp3) is 0. The van der Waals surface area contributed by atoms with Crippen LogP contribution < -0.4 is 0 Å². The minimum atomic E-state index is 1.20. The van der Waals surface area contributed by atoms with Crippen molar-refractivity contribution in [2.45, 2.75) is 9.79 Å². The highest BCUT2D eigenvalue weighted by atomic mass is 32.2. The summed E-state index contributed by atoms with van der Waals surface area (Å²) in [6.07, 6.45) is 0. The van der Waals surface area contributed by atoms with Gasteiger partial charge in [-0.25, -0.2) is 0 Å². The molecule has 0 N–H and O–H groups in total. The van der Waals surface area contributed by atoms with Crippen LogP contribution in [0.5, 0.6) is 0 Å². The van der Waals surface area contributed by atoms with Crippen molar-refractivity contribution in [3.05, 3.63) is 170 Å². The van der Waals surface area contributed by atoms with Gasteiger partial charge in [0.2, 0.25) is 0 Å². The van der Waals surface area contributed by atoms with Gasteiger partial charge >= 0.3 is 0 Å². The van der Waals surface area contributed by atoms with Crippen LogP contribution in [0.3, 0.4) is 0 Å². The third kappa shape index (κ3) is 4.45. The fourth-order valence-corrected chi connectivity index (χ4v) is 11.5. The molecule has 0 aliphatic carbocycles. The highest BCUT2D eigenvalue weighted by Gasteiger charge is 2.17. The van der Waals surface area contributed by atoms with E-state index in [2.05, 4.69) is 179 Å². The summed E-state index contributed by atoms with van der Waals surface area (Å²) in [6.45, 7) is 0. The summed E-state index contributed by atoms with van der Waals surface area (Å²) in [7, 11) is 0. The third-order valence-corrected chi connectivity index (χ3v) is 14.0. The van der Waals surface area contributed by atoms with E-state index in [9.17, 15) is 0 Å². The second-order valence-corrected chi connectivity index (χ2v) is 17.0. The standard InChI is InChI=1S/C48H28N2S3/c1-5-13-41-33(9-1)37-27-31(19-21-43(37)49(41)29-17-23-47-39(25-29)35-11-3-7-15-45(35)52-47)51-32-20-22-44-38(28-32)34-10-2-6-14-42(34)50(44)30-18-24-48-40(26-30)36-12-4-8-16-46(36)53-48/h1-28H. The van der Waals surface area contributed by atoms with Gasteiger partial charge < -0.3 is 9.13 Å². The first-order chi connectivity index (χ1) is 26.2. The lowest BCUT2D eigenvalue weighted by Crippen LogP contribution is -1.93. The predicted molar refractivity (Wildman–Crippen MR) is 231 cm³/mol. The largest absolute Gasteiger partial charge is 0.309 e. The molecule has 12 rings (SSSR count). The van der Waals surface area contributed by atoms with Crippen LogP contribution in [0.2, 0.25) is 0 Å². The first-order valence-electron chi connectivity index (χ1n) is 17.8. The monoisotopic (exact) mass is 728 g/mol. The molecule has 0 amide bonds. The third-order valence-electron chi connectivity index (χ3n) is 10.8. The molecule has 2 nitrogen and oxygen atoms in total. The minimum Gasteiger partial charge on any atom is -0.309 e. The highest BCUT2D eigenvalue weighted by Crippen LogP contribution is 2.42. The molecule has 0 aliphatic heterocycles. The van der Waals surface area contributed by atoms with E-state index < -0.39 is 0 Å². The molecule has 8 aromatic carbocycles. The molecular weight excluding hydrogens is 701 g/mol. The first kappa shape index (κ1) is 29.7. The normalized spacial score (nSPS) is 12.2. The molecule has 0 fully saturated rings. The summed E-state index contributed by atoms with van der Waals surface area (Å²) < 4.78 is 10.2. The van der Waals surface area contributed by atoms with Crippen molar-refractivity contribution in [1.82, 2.24) is 9.13 Å². The van der Waals surface area contributed by atoms with Gasteiger partial charge in [0.05, 0.1) is 22.1 Å². The molecule has 0 spiro atoms. The molecule has 0 saturated heterocycles. The zero-order valence-electron chi connectivity index (χ0n) is 28.3. The van der Waals surface area contributed by atoms with Gasteiger partial charge in [-0.1, -0.05) is 84.6 Å². The number of rotatable bonds is 4. The van der Waals surface area contributed by atoms with Gasteiger partial charge in [0, 0.05) is 83.1 Å². The summed E-state index contributed by atoms with van der Waals surface area (Å²) in [4.78, 5) is 2.47. The van der Waals surface area contributed by atoms with Gasteiger partial charge in [-0.2, -0.15) is 0 Å². The van der Waals surface area contributed by atoms with Crippen LogP contribution in [0, 0.1) is 0 Å². The summed E-state index contributed by atoms with van der Waals surface area (Å²) in [6, 6.07) is 62.9. The maximum atomic E-state index is 2.43. The topological polar surface area (TPSA) is 9.86 Å². The number of fused-ring (bicyclic) bond motifs is 12. The van der Waals surface area contributed by atoms with Crippen LogP contribution >= 0.6 is 34.4 Å². The number of para-hydroxylation sites is 2. The number of thiophene rings is 2. The zero-order valence-corrected chi connectivity index (χ0v) is 30.7. The Bertz CT molecular complexity index is 3220. The maximum Gasteiger partial charge on any atom is 0.0541 e. The Labute approximate surface area is 316 Å². The molecule has 0 radical (unpaired) electrons. The van der Waals surface area contributed by atoms with Gasteiger partial charge in [-0.05, 0) is 97.1 Å². The van der Waals surface area contributed by atoms with E-state index in [0.717, 1.165) is 0 Å². The lowest BCUT2D eigenvalue weighted by atomic mass is 10.1. The molecule has 0 unspecified atom stereocenters. The quantitative estimate of drug-likeness (QED) is 0.175. The van der Waals surface area contributed by atoms with Gasteiger partial charge in [-0.15, -0.1) is 22.7 Å². The van der Waals surface area contributed by atoms with E-state index in [4.69, 9.17) is 0 Å². The van der Waals surface area contributed by atoms with Crippen LogP contribution in [0.4, 0.5) is 0 Å². The average Bonchev–Trinajstić information content (AvgIpc) is 3.95. The summed E-state index contributed by atoms with van der Waals surface area (Å²) in [5.41, 5.74) is 7.30. The maximum absolute atomic E-state index is 2.43. The van der Waals surface area contributed by atoms with Crippen molar-refractivity contribution < 1.29 is 0 Å². The smallest absolute Gasteiger partial charge is 0.0541 e. The fourth-order valence-electron chi connectivity index (χ4n) is 8.43. The Kier molecular flexibility index (Phi) is 6.34. The van der Waals surface area contributed by atoms with Crippen LogP contribution in [0.15, 0.2) is 180 Å². The molecule has 12 aromatic rings. The molecular formula is C48H28N2S3. The van der Waals surface area contributed by atoms with Crippen molar-refractivity contribution in [2.24, 2.45) is 0 Å². The Balaban J connectivity index is 0.970. The van der Waals surface area contributed by atoms with E-state index in [-0.39, 0.29) is 0 Å². The molecule has 0 aliphatic rings. The van der Waals surface area contributed by atoms with E-state index >= 15 is 0 Å². The second-order valence-electron chi connectivity index (χ2n) is 13.7. The summed E-state index contributed by atoms with van der Waals surface area (Å²) in [5, 5.41) is 10.4. The van der Waals surface area contributed by atoms with Crippen LogP contribution in [0.1, 0.15) is 0 Å². The molecule has 4 aromatic heterocycles. The van der Waals surface area contributed by atoms with Gasteiger partial charge in [0.1, 0.15) is 0 Å². The van der Waals surface area contributed by atoms with E-state index in [1.165, 1.54) is 105 Å². The Morgan fingerprint density at radius 1 is 0.302 bits per heavy atom. The van der Waals surface area contributed by atoms with E-state index in [1.54, 1.807) is 0 Å². The molecule has 0 atom stereocenters. The Morgan fingerprint density at radius 3 is 1.19 bits per heavy atom. The van der Waals surface area contributed by atoms with E-state index in [0.29, 0.717) is 0 Å². The van der Waals surface area contributed by atoms with E-state index in [1.807, 2.05) is 34.4 Å². The predicted octanol–water partition coefficient (Wildman–Crippen LogP) is 14.8. The molecule has 0 saturated carbocycles. The van der Waals surface area contributed by atoms with Crippen molar-refractivity contribution in [1.29, 1.82) is 0 Å². The van der Waals surface area contributed by atoms with Crippen LogP contribution in [0.25, 0.3) is 95.3 Å². The minimum absolute atomic E-state index is 1.20. The Morgan fingerprint density at radius 2 is 0.698 bits per heavy atom. The average molecular weight is 729 g/mol. The van der Waals surface area contributed by atoms with Gasteiger partial charge in [0.25, 0.3) is 0 Å². The molecule has 5 heteroatoms. The lowest BCUT2D eigenvalue weighted by Gasteiger charge is -2.10. The first-order valence-corrected chi connectivity index (χ1v) is 20.3. The lowest BCUT2D eigenvalue weighted by molar-refractivity contribution is 1.18. The number of hydrogen-bond acceptors (Lipinski definition) is 3. The highest BCUT2D eigenvalue weighted by molar-refractivity contribution is 7.99. The Hall–Kier alpha value is -5.85. The van der Waals surface area contributed by atoms with Crippen molar-refractivity contribution in [3.8, 4) is 11.4 Å². The number of nitrogens with zero attached hydrogens (tertiary/aromatic N) is 2. The zero-order chi connectivity index (χ0) is 34.6. The number of aromatic nitrogens is 2. The van der Waals surface area contributed by atoms with Gasteiger partial charge in [-0.3, -0.25) is 0 Å². The van der Waals surface area contributed by atoms with Crippen LogP contribution in [-0.2, 0) is 0 Å². The summed E-state index contributed by atoms with van der Waals surface area (Å²) >= 11 is 5.57. The second kappa shape index (κ2) is 11.3.